The number of nitrogens with zero attached hydrogens (tertiary/aromatic N) is 4. The molecule has 20 heavy (non-hydrogen) atoms. The molecule has 2 heterocycles. The highest BCUT2D eigenvalue weighted by Gasteiger charge is 2.19. The summed E-state index contributed by atoms with van der Waals surface area (Å²) in [5.74, 6) is -0.711. The fraction of sp³-hybridized carbons (Fsp3) is 0.538. The number of carboxylic acid groups (broad SMARTS) is 1. The van der Waals surface area contributed by atoms with E-state index in [-0.39, 0.29) is 12.3 Å². The van der Waals surface area contributed by atoms with E-state index in [9.17, 15) is 4.79 Å². The minimum absolute atomic E-state index is 0.0226. The van der Waals surface area contributed by atoms with E-state index in [0.29, 0.717) is 16.5 Å². The molecule has 2 aromatic rings. The Morgan fingerprint density at radius 2 is 2.15 bits per heavy atom. The fourth-order valence-corrected chi connectivity index (χ4v) is 2.49. The lowest BCUT2D eigenvalue weighted by atomic mass is 10.1. The lowest BCUT2D eigenvalue weighted by Crippen LogP contribution is -2.07. The van der Waals surface area contributed by atoms with Gasteiger partial charge in [-0.2, -0.15) is 5.10 Å². The van der Waals surface area contributed by atoms with Gasteiger partial charge in [0.15, 0.2) is 5.15 Å². The van der Waals surface area contributed by atoms with Crippen LogP contribution in [-0.4, -0.2) is 30.8 Å². The Labute approximate surface area is 121 Å². The zero-order valence-corrected chi connectivity index (χ0v) is 12.5. The molecule has 0 saturated heterocycles. The number of carbonyl (C=O) groups is 1. The van der Waals surface area contributed by atoms with Crippen molar-refractivity contribution < 1.29 is 9.90 Å². The third-order valence-corrected chi connectivity index (χ3v) is 3.40. The van der Waals surface area contributed by atoms with Crippen LogP contribution in [0.1, 0.15) is 44.1 Å². The first kappa shape index (κ1) is 14.7. The molecular formula is C13H17ClN4O2. The third-order valence-electron chi connectivity index (χ3n) is 3.13. The largest absolute Gasteiger partial charge is 0.481 e. The van der Waals surface area contributed by atoms with Crippen molar-refractivity contribution in [3.63, 3.8) is 0 Å². The lowest BCUT2D eigenvalue weighted by Gasteiger charge is -2.08. The summed E-state index contributed by atoms with van der Waals surface area (Å²) < 4.78 is 1.67. The average Bonchev–Trinajstić information content (AvgIpc) is 2.66. The van der Waals surface area contributed by atoms with Crippen LogP contribution in [0.2, 0.25) is 5.15 Å². The molecule has 0 aromatic carbocycles. The molecule has 0 spiro atoms. The van der Waals surface area contributed by atoms with Crippen LogP contribution in [0.25, 0.3) is 11.0 Å². The van der Waals surface area contributed by atoms with Gasteiger partial charge in [-0.05, 0) is 6.42 Å². The summed E-state index contributed by atoms with van der Waals surface area (Å²) in [5.41, 5.74) is 2.29. The molecule has 7 heteroatoms. The Morgan fingerprint density at radius 3 is 2.75 bits per heavy atom. The van der Waals surface area contributed by atoms with Crippen molar-refractivity contribution in [3.05, 3.63) is 16.7 Å². The first-order valence-corrected chi connectivity index (χ1v) is 6.92. The predicted molar refractivity (Wildman–Crippen MR) is 76.0 cm³/mol. The van der Waals surface area contributed by atoms with Gasteiger partial charge in [0.1, 0.15) is 16.9 Å². The smallest absolute Gasteiger partial charge is 0.304 e. The predicted octanol–water partition coefficient (Wildman–Crippen LogP) is 2.55. The number of hydrogen-bond acceptors (Lipinski definition) is 4. The highest BCUT2D eigenvalue weighted by Crippen LogP contribution is 2.26. The van der Waals surface area contributed by atoms with E-state index in [2.05, 4.69) is 22.0 Å². The van der Waals surface area contributed by atoms with Gasteiger partial charge in [-0.25, -0.2) is 9.97 Å². The molecule has 2 aromatic heterocycles. The van der Waals surface area contributed by atoms with Crippen molar-refractivity contribution in [2.75, 3.05) is 0 Å². The average molecular weight is 297 g/mol. The van der Waals surface area contributed by atoms with E-state index in [1.165, 1.54) is 0 Å². The number of carboxylic acids is 1. The molecular weight excluding hydrogens is 280 g/mol. The molecule has 0 fully saturated rings. The number of hydrogen-bond donors (Lipinski definition) is 1. The summed E-state index contributed by atoms with van der Waals surface area (Å²) in [6.45, 7) is 3.85. The molecule has 0 saturated carbocycles. The van der Waals surface area contributed by atoms with Crippen molar-refractivity contribution >= 4 is 28.6 Å². The second-order valence-corrected chi connectivity index (χ2v) is 5.25. The summed E-state index contributed by atoms with van der Waals surface area (Å²) in [5, 5.41) is 13.6. The Hall–Kier alpha value is -1.69. The first-order valence-electron chi connectivity index (χ1n) is 6.54. The van der Waals surface area contributed by atoms with Gasteiger partial charge in [0, 0.05) is 13.0 Å². The van der Waals surface area contributed by atoms with Crippen molar-refractivity contribution in [3.8, 4) is 0 Å². The number of aryl methyl sites for hydroxylation is 2. The lowest BCUT2D eigenvalue weighted by molar-refractivity contribution is -0.137. The van der Waals surface area contributed by atoms with Gasteiger partial charge >= 0.3 is 5.97 Å². The minimum Gasteiger partial charge on any atom is -0.481 e. The van der Waals surface area contributed by atoms with Gasteiger partial charge in [-0.15, -0.1) is 0 Å². The SMILES string of the molecule is CCCc1nn(C)c2c(Cl)nc(C(C)CC(=O)O)nc12. The van der Waals surface area contributed by atoms with Crippen LogP contribution in [0.5, 0.6) is 0 Å². The van der Waals surface area contributed by atoms with Crippen LogP contribution in [-0.2, 0) is 18.3 Å². The van der Waals surface area contributed by atoms with E-state index < -0.39 is 5.97 Å². The molecule has 1 N–H and O–H groups in total. The van der Waals surface area contributed by atoms with E-state index >= 15 is 0 Å². The Morgan fingerprint density at radius 1 is 1.45 bits per heavy atom. The molecule has 0 bridgehead atoms. The van der Waals surface area contributed by atoms with Crippen LogP contribution >= 0.6 is 11.6 Å². The zero-order valence-electron chi connectivity index (χ0n) is 11.7. The highest BCUT2D eigenvalue weighted by atomic mass is 35.5. The van der Waals surface area contributed by atoms with E-state index in [1.807, 2.05) is 0 Å². The Kier molecular flexibility index (Phi) is 4.23. The number of halogens is 1. The monoisotopic (exact) mass is 296 g/mol. The van der Waals surface area contributed by atoms with Crippen LogP contribution in [0.3, 0.4) is 0 Å². The van der Waals surface area contributed by atoms with Crippen molar-refractivity contribution in [2.45, 2.75) is 39.0 Å². The van der Waals surface area contributed by atoms with Gasteiger partial charge in [0.2, 0.25) is 0 Å². The van der Waals surface area contributed by atoms with Gasteiger partial charge in [0.05, 0.1) is 12.1 Å². The number of aromatic nitrogens is 4. The van der Waals surface area contributed by atoms with Crippen molar-refractivity contribution in [1.82, 2.24) is 19.7 Å². The molecule has 0 radical (unpaired) electrons. The molecule has 108 valence electrons. The van der Waals surface area contributed by atoms with Crippen LogP contribution in [0.4, 0.5) is 0 Å². The van der Waals surface area contributed by atoms with Gasteiger partial charge in [0.25, 0.3) is 0 Å². The molecule has 0 amide bonds. The van der Waals surface area contributed by atoms with E-state index in [4.69, 9.17) is 16.7 Å². The van der Waals surface area contributed by atoms with Crippen molar-refractivity contribution in [1.29, 1.82) is 0 Å². The van der Waals surface area contributed by atoms with Crippen LogP contribution in [0.15, 0.2) is 0 Å². The minimum atomic E-state index is -0.878. The summed E-state index contributed by atoms with van der Waals surface area (Å²) >= 11 is 6.20. The maximum absolute atomic E-state index is 10.8. The second kappa shape index (κ2) is 5.75. The molecule has 0 aliphatic rings. The van der Waals surface area contributed by atoms with Crippen molar-refractivity contribution in [2.24, 2.45) is 7.05 Å². The first-order chi connectivity index (χ1) is 9.43. The normalized spacial score (nSPS) is 12.8. The Balaban J connectivity index is 2.54. The van der Waals surface area contributed by atoms with Gasteiger partial charge in [-0.3, -0.25) is 9.48 Å². The summed E-state index contributed by atoms with van der Waals surface area (Å²) in [7, 11) is 1.80. The molecule has 2 rings (SSSR count). The number of aliphatic carboxylic acids is 1. The molecule has 1 unspecified atom stereocenters. The second-order valence-electron chi connectivity index (χ2n) is 4.89. The molecule has 0 aliphatic carbocycles. The maximum atomic E-state index is 10.8. The summed E-state index contributed by atoms with van der Waals surface area (Å²) in [4.78, 5) is 19.5. The molecule has 1 atom stereocenters. The standard InChI is InChI=1S/C13H17ClN4O2/c1-4-5-8-10-11(18(3)17-8)12(14)16-13(15-10)7(2)6-9(19)20/h7H,4-6H2,1-3H3,(H,19,20). The zero-order chi connectivity index (χ0) is 14.9. The quantitative estimate of drug-likeness (QED) is 0.858. The van der Waals surface area contributed by atoms with Gasteiger partial charge in [-0.1, -0.05) is 31.9 Å². The van der Waals surface area contributed by atoms with E-state index in [1.54, 1.807) is 18.7 Å². The highest BCUT2D eigenvalue weighted by molar-refractivity contribution is 6.33. The fourth-order valence-electron chi connectivity index (χ4n) is 2.19. The maximum Gasteiger partial charge on any atom is 0.304 e. The van der Waals surface area contributed by atoms with Crippen LogP contribution in [0, 0.1) is 0 Å². The molecule has 6 nitrogen and oxygen atoms in total. The summed E-state index contributed by atoms with van der Waals surface area (Å²) in [6, 6.07) is 0. The third kappa shape index (κ3) is 2.75. The Bertz CT molecular complexity index is 653. The number of rotatable bonds is 5. The number of fused-ring (bicyclic) bond motifs is 1. The molecule has 0 aliphatic heterocycles. The van der Waals surface area contributed by atoms with Crippen LogP contribution < -0.4 is 0 Å². The van der Waals surface area contributed by atoms with Gasteiger partial charge < -0.3 is 5.11 Å². The summed E-state index contributed by atoms with van der Waals surface area (Å²) in [6.07, 6.45) is 1.73. The van der Waals surface area contributed by atoms with E-state index in [0.717, 1.165) is 24.1 Å². The topological polar surface area (TPSA) is 80.9 Å².